The summed E-state index contributed by atoms with van der Waals surface area (Å²) in [4.78, 5) is 12.4. The molecule has 1 heterocycles. The van der Waals surface area contributed by atoms with Gasteiger partial charge in [-0.05, 0) is 18.6 Å². The van der Waals surface area contributed by atoms with E-state index in [4.69, 9.17) is 10.00 Å². The van der Waals surface area contributed by atoms with Gasteiger partial charge in [0.15, 0.2) is 0 Å². The number of rotatable bonds is 3. The molecule has 2 rings (SSSR count). The number of nitriles is 1. The molecule has 0 N–H and O–H groups in total. The van der Waals surface area contributed by atoms with Gasteiger partial charge in [0.2, 0.25) is 0 Å². The van der Waals surface area contributed by atoms with E-state index in [2.05, 4.69) is 11.8 Å². The molecule has 19 heavy (non-hydrogen) atoms. The minimum atomic E-state index is -0.531. The first kappa shape index (κ1) is 13.3. The van der Waals surface area contributed by atoms with E-state index in [1.807, 2.05) is 6.07 Å². The Morgan fingerprint density at radius 2 is 2.42 bits per heavy atom. The number of anilines is 1. The molecule has 1 aliphatic rings. The summed E-state index contributed by atoms with van der Waals surface area (Å²) in [7, 11) is 0. The highest BCUT2D eigenvalue weighted by molar-refractivity contribution is 5.60. The molecule has 6 heteroatoms. The Morgan fingerprint density at radius 1 is 1.63 bits per heavy atom. The van der Waals surface area contributed by atoms with E-state index in [9.17, 15) is 10.1 Å². The lowest BCUT2D eigenvalue weighted by molar-refractivity contribution is -0.385. The average molecular weight is 261 g/mol. The summed E-state index contributed by atoms with van der Waals surface area (Å²) in [5.41, 5.74) is 0.789. The fourth-order valence-corrected chi connectivity index (χ4v) is 2.17. The van der Waals surface area contributed by atoms with Crippen molar-refractivity contribution in [2.45, 2.75) is 19.4 Å². The summed E-state index contributed by atoms with van der Waals surface area (Å²) >= 11 is 0. The van der Waals surface area contributed by atoms with Crippen molar-refractivity contribution in [2.24, 2.45) is 0 Å². The molecular formula is C13H15N3O3. The van der Waals surface area contributed by atoms with Crippen LogP contribution in [-0.2, 0) is 4.74 Å². The third-order valence-electron chi connectivity index (χ3n) is 3.26. The third kappa shape index (κ3) is 2.83. The van der Waals surface area contributed by atoms with Crippen molar-refractivity contribution in [3.05, 3.63) is 33.9 Å². The van der Waals surface area contributed by atoms with Gasteiger partial charge in [-0.1, -0.05) is 6.92 Å². The molecule has 0 aromatic heterocycles. The van der Waals surface area contributed by atoms with Crippen LogP contribution in [0.25, 0.3) is 0 Å². The van der Waals surface area contributed by atoms with Gasteiger partial charge in [-0.25, -0.2) is 0 Å². The number of benzene rings is 1. The Hall–Kier alpha value is -2.13. The van der Waals surface area contributed by atoms with Gasteiger partial charge in [-0.15, -0.1) is 0 Å². The van der Waals surface area contributed by atoms with Crippen molar-refractivity contribution in [1.29, 1.82) is 5.26 Å². The van der Waals surface area contributed by atoms with Crippen LogP contribution in [0.4, 0.5) is 11.4 Å². The molecule has 1 aromatic carbocycles. The summed E-state index contributed by atoms with van der Waals surface area (Å²) < 4.78 is 5.58. The smallest absolute Gasteiger partial charge is 0.287 e. The lowest BCUT2D eigenvalue weighted by Gasteiger charge is -2.34. The first-order chi connectivity index (χ1) is 9.15. The highest BCUT2D eigenvalue weighted by Crippen LogP contribution is 2.26. The fraction of sp³-hybridized carbons (Fsp3) is 0.462. The van der Waals surface area contributed by atoms with E-state index >= 15 is 0 Å². The summed E-state index contributed by atoms with van der Waals surface area (Å²) in [5, 5.41) is 19.8. The zero-order valence-corrected chi connectivity index (χ0v) is 10.7. The van der Waals surface area contributed by atoms with Crippen molar-refractivity contribution >= 4 is 11.4 Å². The first-order valence-electron chi connectivity index (χ1n) is 6.20. The molecule has 6 nitrogen and oxygen atoms in total. The molecule has 100 valence electrons. The summed E-state index contributed by atoms with van der Waals surface area (Å²) in [6, 6.07) is 6.55. The van der Waals surface area contributed by atoms with Gasteiger partial charge in [0.1, 0.15) is 11.6 Å². The van der Waals surface area contributed by atoms with Crippen LogP contribution in [0.3, 0.4) is 0 Å². The molecule has 0 saturated carbocycles. The summed E-state index contributed by atoms with van der Waals surface area (Å²) in [6.07, 6.45) is 1.10. The van der Waals surface area contributed by atoms with Crippen molar-refractivity contribution < 1.29 is 9.66 Å². The van der Waals surface area contributed by atoms with E-state index in [-0.39, 0.29) is 17.4 Å². The van der Waals surface area contributed by atoms with E-state index in [1.54, 1.807) is 12.1 Å². The van der Waals surface area contributed by atoms with E-state index in [1.165, 1.54) is 6.07 Å². The van der Waals surface area contributed by atoms with Gasteiger partial charge >= 0.3 is 0 Å². The zero-order valence-electron chi connectivity index (χ0n) is 10.7. The number of nitro groups is 1. The Kier molecular flexibility index (Phi) is 3.97. The van der Waals surface area contributed by atoms with Gasteiger partial charge in [-0.3, -0.25) is 10.1 Å². The lowest BCUT2D eigenvalue weighted by atomic mass is 10.1. The van der Waals surface area contributed by atoms with Crippen LogP contribution >= 0.6 is 0 Å². The first-order valence-corrected chi connectivity index (χ1v) is 6.20. The topological polar surface area (TPSA) is 79.4 Å². The molecule has 1 aliphatic heterocycles. The number of ether oxygens (including phenoxy) is 1. The van der Waals surface area contributed by atoms with Crippen LogP contribution in [-0.4, -0.2) is 30.7 Å². The molecule has 1 aromatic rings. The molecule has 0 amide bonds. The quantitative estimate of drug-likeness (QED) is 0.614. The number of morpholine rings is 1. The number of nitro benzene ring substituents is 1. The van der Waals surface area contributed by atoms with Crippen molar-refractivity contribution in [1.82, 2.24) is 0 Å². The van der Waals surface area contributed by atoms with Crippen LogP contribution in [0.5, 0.6) is 0 Å². The number of hydrogen-bond acceptors (Lipinski definition) is 5. The second-order valence-electron chi connectivity index (χ2n) is 4.42. The summed E-state index contributed by atoms with van der Waals surface area (Å²) in [6.45, 7) is 4.18. The number of nitrogens with zero attached hydrogens (tertiary/aromatic N) is 3. The Morgan fingerprint density at radius 3 is 3.05 bits per heavy atom. The van der Waals surface area contributed by atoms with Crippen LogP contribution in [0.1, 0.15) is 18.9 Å². The third-order valence-corrected chi connectivity index (χ3v) is 3.26. The predicted molar refractivity (Wildman–Crippen MR) is 70.1 cm³/mol. The highest BCUT2D eigenvalue weighted by Gasteiger charge is 2.21. The van der Waals surface area contributed by atoms with Crippen molar-refractivity contribution in [3.8, 4) is 6.07 Å². The predicted octanol–water partition coefficient (Wildman–Crippen LogP) is 2.08. The maximum atomic E-state index is 10.8. The van der Waals surface area contributed by atoms with Crippen molar-refractivity contribution in [3.63, 3.8) is 0 Å². The molecule has 0 bridgehead atoms. The molecule has 1 saturated heterocycles. The van der Waals surface area contributed by atoms with Crippen LogP contribution in [0.2, 0.25) is 0 Å². The molecule has 1 atom stereocenters. The SMILES string of the molecule is CCC1CN(c2ccc([N+](=O)[O-])c(C#N)c2)CCO1. The minimum absolute atomic E-state index is 0.0991. The number of hydrogen-bond donors (Lipinski definition) is 0. The van der Waals surface area contributed by atoms with E-state index in [0.717, 1.165) is 25.2 Å². The van der Waals surface area contributed by atoms with E-state index < -0.39 is 4.92 Å². The molecule has 1 fully saturated rings. The second kappa shape index (κ2) is 5.67. The van der Waals surface area contributed by atoms with Crippen LogP contribution in [0.15, 0.2) is 18.2 Å². The second-order valence-corrected chi connectivity index (χ2v) is 4.42. The average Bonchev–Trinajstić information content (AvgIpc) is 2.46. The van der Waals surface area contributed by atoms with Gasteiger partial charge in [-0.2, -0.15) is 5.26 Å². The van der Waals surface area contributed by atoms with Gasteiger partial charge < -0.3 is 9.64 Å². The lowest BCUT2D eigenvalue weighted by Crippen LogP contribution is -2.42. The minimum Gasteiger partial charge on any atom is -0.375 e. The van der Waals surface area contributed by atoms with Gasteiger partial charge in [0.25, 0.3) is 5.69 Å². The monoisotopic (exact) mass is 261 g/mol. The van der Waals surface area contributed by atoms with Crippen LogP contribution in [0, 0.1) is 21.4 Å². The fourth-order valence-electron chi connectivity index (χ4n) is 2.17. The van der Waals surface area contributed by atoms with E-state index in [0.29, 0.717) is 6.61 Å². The standard InChI is InChI=1S/C13H15N3O3/c1-2-12-9-15(5-6-19-12)11-3-4-13(16(17)18)10(7-11)8-14/h3-4,7,12H,2,5-6,9H2,1H3. The zero-order chi connectivity index (χ0) is 13.8. The Bertz CT molecular complexity index is 524. The molecule has 0 spiro atoms. The van der Waals surface area contributed by atoms with Crippen LogP contribution < -0.4 is 4.90 Å². The normalized spacial score (nSPS) is 18.9. The van der Waals surface area contributed by atoms with Gasteiger partial charge in [0, 0.05) is 24.8 Å². The maximum absolute atomic E-state index is 10.8. The summed E-state index contributed by atoms with van der Waals surface area (Å²) in [5.74, 6) is 0. The molecule has 0 radical (unpaired) electrons. The van der Waals surface area contributed by atoms with Crippen molar-refractivity contribution in [2.75, 3.05) is 24.6 Å². The highest BCUT2D eigenvalue weighted by atomic mass is 16.6. The molecule has 0 aliphatic carbocycles. The van der Waals surface area contributed by atoms with Gasteiger partial charge in [0.05, 0.1) is 17.6 Å². The molecular weight excluding hydrogens is 246 g/mol. The molecule has 1 unspecified atom stereocenters. The maximum Gasteiger partial charge on any atom is 0.287 e. The Labute approximate surface area is 111 Å². The largest absolute Gasteiger partial charge is 0.375 e. The Balaban J connectivity index is 2.26.